The number of alkyl halides is 2. The molecule has 0 spiro atoms. The number of hydrogen-bond donors (Lipinski definition) is 1. The molecular weight excluding hydrogens is 367 g/mol. The topological polar surface area (TPSA) is 52.9 Å². The van der Waals surface area contributed by atoms with Crippen LogP contribution in [-0.2, 0) is 4.79 Å². The molecule has 0 saturated heterocycles. The van der Waals surface area contributed by atoms with Gasteiger partial charge in [0.1, 0.15) is 4.33 Å². The largest absolute Gasteiger partial charge is 0.326 e. The molecule has 3 nitrogen and oxygen atoms in total. The lowest BCUT2D eigenvalue weighted by molar-refractivity contribution is -0.117. The number of carbonyl (C=O) groups excluding carboxylic acids is 1. The fraction of sp³-hybridized carbons (Fsp3) is 0.222. The van der Waals surface area contributed by atoms with Crippen molar-refractivity contribution >= 4 is 46.4 Å². The Kier molecular flexibility index (Phi) is 4.73. The molecule has 1 aliphatic carbocycles. The van der Waals surface area contributed by atoms with E-state index >= 15 is 0 Å². The number of rotatable bonds is 4. The molecule has 0 bridgehead atoms. The molecular formula is C18H13Cl3N2O. The Hall–Kier alpha value is -1.73. The van der Waals surface area contributed by atoms with Gasteiger partial charge in [-0.15, -0.1) is 23.2 Å². The van der Waals surface area contributed by atoms with Gasteiger partial charge < -0.3 is 5.32 Å². The average molecular weight is 380 g/mol. The van der Waals surface area contributed by atoms with Gasteiger partial charge in [-0.25, -0.2) is 0 Å². The molecule has 0 heterocycles. The fourth-order valence-electron chi connectivity index (χ4n) is 2.54. The summed E-state index contributed by atoms with van der Waals surface area (Å²) in [6, 6.07) is 16.8. The van der Waals surface area contributed by atoms with Gasteiger partial charge in [-0.2, -0.15) is 5.26 Å². The Morgan fingerprint density at radius 3 is 2.46 bits per heavy atom. The van der Waals surface area contributed by atoms with Gasteiger partial charge >= 0.3 is 0 Å². The van der Waals surface area contributed by atoms with Crippen molar-refractivity contribution in [1.82, 2.24) is 0 Å². The second kappa shape index (κ2) is 6.64. The molecule has 1 aliphatic rings. The Labute approximate surface area is 155 Å². The Morgan fingerprint density at radius 2 is 1.92 bits per heavy atom. The quantitative estimate of drug-likeness (QED) is 0.749. The van der Waals surface area contributed by atoms with Crippen LogP contribution in [0.5, 0.6) is 0 Å². The number of nitrogens with one attached hydrogen (secondary N) is 1. The molecule has 1 saturated carbocycles. The number of anilines is 1. The highest BCUT2D eigenvalue weighted by atomic mass is 35.5. The molecule has 0 aromatic heterocycles. The van der Waals surface area contributed by atoms with Crippen molar-refractivity contribution in [3.05, 3.63) is 64.7 Å². The summed E-state index contributed by atoms with van der Waals surface area (Å²) in [6.45, 7) is 0. The molecule has 24 heavy (non-hydrogen) atoms. The van der Waals surface area contributed by atoms with Gasteiger partial charge in [0.15, 0.2) is 0 Å². The summed E-state index contributed by atoms with van der Waals surface area (Å²) in [6.07, 6.45) is 0.443. The first-order chi connectivity index (χ1) is 11.4. The van der Waals surface area contributed by atoms with E-state index in [0.29, 0.717) is 22.7 Å². The maximum Gasteiger partial charge on any atom is 0.230 e. The van der Waals surface area contributed by atoms with E-state index in [9.17, 15) is 10.1 Å². The lowest BCUT2D eigenvalue weighted by Gasteiger charge is -2.13. The zero-order valence-electron chi connectivity index (χ0n) is 12.5. The highest BCUT2D eigenvalue weighted by Gasteiger charge is 2.56. The van der Waals surface area contributed by atoms with Crippen LogP contribution in [0.2, 0.25) is 5.02 Å². The van der Waals surface area contributed by atoms with Gasteiger partial charge in [0.25, 0.3) is 0 Å². The van der Waals surface area contributed by atoms with Crippen molar-refractivity contribution in [2.45, 2.75) is 16.7 Å². The first-order valence-corrected chi connectivity index (χ1v) is 8.48. The van der Waals surface area contributed by atoms with E-state index in [-0.39, 0.29) is 5.91 Å². The van der Waals surface area contributed by atoms with Crippen molar-refractivity contribution < 1.29 is 4.79 Å². The Balaban J connectivity index is 1.80. The predicted octanol–water partition coefficient (Wildman–Crippen LogP) is 5.13. The monoisotopic (exact) mass is 378 g/mol. The van der Waals surface area contributed by atoms with Gasteiger partial charge in [0, 0.05) is 10.7 Å². The zero-order chi connectivity index (χ0) is 17.3. The molecule has 2 atom stereocenters. The summed E-state index contributed by atoms with van der Waals surface area (Å²) >= 11 is 18.1. The van der Waals surface area contributed by atoms with Gasteiger partial charge in [-0.3, -0.25) is 4.79 Å². The summed E-state index contributed by atoms with van der Waals surface area (Å²) in [5.74, 6) is -1.11. The fourth-order valence-corrected chi connectivity index (χ4v) is 3.33. The smallest absolute Gasteiger partial charge is 0.230 e. The molecule has 122 valence electrons. The third kappa shape index (κ3) is 3.52. The highest BCUT2D eigenvalue weighted by molar-refractivity contribution is 6.52. The van der Waals surface area contributed by atoms with Crippen LogP contribution in [0.4, 0.5) is 5.69 Å². The minimum absolute atomic E-state index is 0.233. The second-order valence-electron chi connectivity index (χ2n) is 5.72. The third-order valence-electron chi connectivity index (χ3n) is 3.98. The van der Waals surface area contributed by atoms with Crippen molar-refractivity contribution in [2.24, 2.45) is 5.92 Å². The normalized spacial score (nSPS) is 19.2. The van der Waals surface area contributed by atoms with E-state index in [1.54, 1.807) is 18.2 Å². The van der Waals surface area contributed by atoms with E-state index in [2.05, 4.69) is 11.4 Å². The van der Waals surface area contributed by atoms with E-state index in [4.69, 9.17) is 34.8 Å². The van der Waals surface area contributed by atoms with Crippen molar-refractivity contribution in [1.29, 1.82) is 5.26 Å². The number of halogens is 3. The Morgan fingerprint density at radius 1 is 1.25 bits per heavy atom. The van der Waals surface area contributed by atoms with E-state index in [0.717, 1.165) is 5.56 Å². The summed E-state index contributed by atoms with van der Waals surface area (Å²) < 4.78 is -0.965. The van der Waals surface area contributed by atoms with Crippen LogP contribution < -0.4 is 5.32 Å². The SMILES string of the molecule is N#CC(c1ccccc1)c1ccc(NC(=O)C2CC2(Cl)Cl)cc1Cl. The molecule has 2 aromatic rings. The van der Waals surface area contributed by atoms with E-state index in [1.165, 1.54) is 0 Å². The summed E-state index contributed by atoms with van der Waals surface area (Å²) in [5, 5.41) is 12.7. The number of benzene rings is 2. The number of nitriles is 1. The maximum atomic E-state index is 12.0. The molecule has 0 radical (unpaired) electrons. The van der Waals surface area contributed by atoms with Crippen molar-refractivity contribution in [3.8, 4) is 6.07 Å². The van der Waals surface area contributed by atoms with E-state index in [1.807, 2.05) is 30.3 Å². The summed E-state index contributed by atoms with van der Waals surface area (Å²) in [4.78, 5) is 12.0. The zero-order valence-corrected chi connectivity index (χ0v) is 14.7. The molecule has 3 rings (SSSR count). The second-order valence-corrected chi connectivity index (χ2v) is 7.67. The maximum absolute atomic E-state index is 12.0. The molecule has 1 N–H and O–H groups in total. The van der Waals surface area contributed by atoms with Gasteiger partial charge in [0.05, 0.1) is 17.9 Å². The molecule has 6 heteroatoms. The van der Waals surface area contributed by atoms with Gasteiger partial charge in [-0.05, 0) is 29.7 Å². The number of amides is 1. The summed E-state index contributed by atoms with van der Waals surface area (Å²) in [7, 11) is 0. The van der Waals surface area contributed by atoms with E-state index < -0.39 is 16.2 Å². The predicted molar refractivity (Wildman–Crippen MR) is 96.5 cm³/mol. The van der Waals surface area contributed by atoms with Crippen LogP contribution in [0.15, 0.2) is 48.5 Å². The van der Waals surface area contributed by atoms with Crippen molar-refractivity contribution in [3.63, 3.8) is 0 Å². The van der Waals surface area contributed by atoms with Crippen LogP contribution in [0, 0.1) is 17.2 Å². The van der Waals surface area contributed by atoms with Gasteiger partial charge in [0.2, 0.25) is 5.91 Å². The van der Waals surface area contributed by atoms with Crippen LogP contribution >= 0.6 is 34.8 Å². The average Bonchev–Trinajstić information content (AvgIpc) is 3.20. The lowest BCUT2D eigenvalue weighted by atomic mass is 9.92. The molecule has 1 amide bonds. The number of hydrogen-bond acceptors (Lipinski definition) is 2. The number of nitrogens with zero attached hydrogens (tertiary/aromatic N) is 1. The standard InChI is InChI=1S/C18H13Cl3N2O/c19-16-8-12(23-17(24)15-9-18(15,20)21)6-7-13(16)14(10-22)11-4-2-1-3-5-11/h1-8,14-15H,9H2,(H,23,24). The van der Waals surface area contributed by atoms with Crippen LogP contribution in [0.25, 0.3) is 0 Å². The minimum Gasteiger partial charge on any atom is -0.326 e. The first-order valence-electron chi connectivity index (χ1n) is 7.35. The number of carbonyl (C=O) groups is 1. The molecule has 2 aromatic carbocycles. The van der Waals surface area contributed by atoms with Crippen LogP contribution in [-0.4, -0.2) is 10.2 Å². The van der Waals surface area contributed by atoms with Gasteiger partial charge in [-0.1, -0.05) is 48.0 Å². The van der Waals surface area contributed by atoms with Crippen LogP contribution in [0.1, 0.15) is 23.5 Å². The van der Waals surface area contributed by atoms with Crippen LogP contribution in [0.3, 0.4) is 0 Å². The Bertz CT molecular complexity index is 815. The first kappa shape index (κ1) is 17.1. The van der Waals surface area contributed by atoms with Crippen molar-refractivity contribution in [2.75, 3.05) is 5.32 Å². The molecule has 0 aliphatic heterocycles. The molecule has 2 unspecified atom stereocenters. The lowest BCUT2D eigenvalue weighted by Crippen LogP contribution is -2.16. The highest BCUT2D eigenvalue weighted by Crippen LogP contribution is 2.53. The third-order valence-corrected chi connectivity index (χ3v) is 5.15. The summed E-state index contributed by atoms with van der Waals surface area (Å²) in [5.41, 5.74) is 2.11. The molecule has 1 fully saturated rings. The minimum atomic E-state index is -0.965.